The molecular formula is C9H14O. The molecule has 3 atom stereocenters. The van der Waals surface area contributed by atoms with E-state index in [0.717, 1.165) is 0 Å². The van der Waals surface area contributed by atoms with Gasteiger partial charge in [0, 0.05) is 12.3 Å². The van der Waals surface area contributed by atoms with Crippen LogP contribution in [0.1, 0.15) is 26.2 Å². The average molecular weight is 138 g/mol. The van der Waals surface area contributed by atoms with Crippen LogP contribution in [0.3, 0.4) is 0 Å². The highest BCUT2D eigenvalue weighted by atomic mass is 16.5. The van der Waals surface area contributed by atoms with E-state index in [2.05, 4.69) is 19.6 Å². The number of hydrogen-bond donors (Lipinski definition) is 0. The maximum absolute atomic E-state index is 5.69. The normalized spacial score (nSPS) is 51.7. The van der Waals surface area contributed by atoms with Crippen molar-refractivity contribution < 1.29 is 4.74 Å². The fraction of sp³-hybridized carbons (Fsp3) is 0.778. The Hall–Kier alpha value is -0.300. The van der Waals surface area contributed by atoms with Crippen LogP contribution in [0.4, 0.5) is 0 Å². The molecule has 0 aromatic carbocycles. The van der Waals surface area contributed by atoms with Crippen LogP contribution in [0.5, 0.6) is 0 Å². The van der Waals surface area contributed by atoms with Crippen LogP contribution < -0.4 is 0 Å². The Morgan fingerprint density at radius 3 is 2.70 bits per heavy atom. The van der Waals surface area contributed by atoms with Crippen molar-refractivity contribution in [3.63, 3.8) is 0 Å². The van der Waals surface area contributed by atoms with Crippen LogP contribution in [0, 0.1) is 5.92 Å². The van der Waals surface area contributed by atoms with E-state index >= 15 is 0 Å². The quantitative estimate of drug-likeness (QED) is 0.504. The predicted molar refractivity (Wildman–Crippen MR) is 40.8 cm³/mol. The van der Waals surface area contributed by atoms with Gasteiger partial charge in [0.05, 0.1) is 11.7 Å². The monoisotopic (exact) mass is 138 g/mol. The van der Waals surface area contributed by atoms with E-state index in [1.165, 1.54) is 19.3 Å². The van der Waals surface area contributed by atoms with Gasteiger partial charge in [0.25, 0.3) is 0 Å². The first-order chi connectivity index (χ1) is 4.74. The van der Waals surface area contributed by atoms with Crippen molar-refractivity contribution >= 4 is 0 Å². The van der Waals surface area contributed by atoms with E-state index in [9.17, 15) is 0 Å². The Morgan fingerprint density at radius 1 is 1.60 bits per heavy atom. The summed E-state index contributed by atoms with van der Waals surface area (Å²) in [5, 5.41) is 0. The van der Waals surface area contributed by atoms with Crippen LogP contribution in [-0.2, 0) is 4.74 Å². The summed E-state index contributed by atoms with van der Waals surface area (Å²) in [6.45, 7) is 6.03. The zero-order chi connectivity index (χ0) is 7.19. The molecule has 3 fully saturated rings. The van der Waals surface area contributed by atoms with Gasteiger partial charge in [-0.15, -0.1) is 6.58 Å². The molecule has 0 aromatic heterocycles. The van der Waals surface area contributed by atoms with Gasteiger partial charge >= 0.3 is 0 Å². The first-order valence-electron chi connectivity index (χ1n) is 4.05. The van der Waals surface area contributed by atoms with Crippen LogP contribution in [0.15, 0.2) is 12.7 Å². The van der Waals surface area contributed by atoms with Crippen molar-refractivity contribution in [1.29, 1.82) is 0 Å². The molecule has 56 valence electrons. The van der Waals surface area contributed by atoms with Gasteiger partial charge in [-0.25, -0.2) is 0 Å². The number of fused-ring (bicyclic) bond motifs is 2. The van der Waals surface area contributed by atoms with E-state index in [1.54, 1.807) is 0 Å². The van der Waals surface area contributed by atoms with Gasteiger partial charge < -0.3 is 4.74 Å². The van der Waals surface area contributed by atoms with E-state index in [1.807, 2.05) is 0 Å². The van der Waals surface area contributed by atoms with E-state index in [-0.39, 0.29) is 5.60 Å². The van der Waals surface area contributed by atoms with Gasteiger partial charge in [-0.05, 0) is 19.8 Å². The predicted octanol–water partition coefficient (Wildman–Crippen LogP) is 2.13. The Bertz CT molecular complexity index is 156. The maximum Gasteiger partial charge on any atom is 0.0745 e. The first-order valence-corrected chi connectivity index (χ1v) is 4.05. The number of ether oxygens (including phenoxy) is 1. The minimum Gasteiger partial charge on any atom is -0.371 e. The second-order valence-electron chi connectivity index (χ2n) is 3.68. The third kappa shape index (κ3) is 0.671. The topological polar surface area (TPSA) is 9.23 Å². The lowest BCUT2D eigenvalue weighted by molar-refractivity contribution is -0.244. The fourth-order valence-electron chi connectivity index (χ4n) is 2.26. The molecule has 0 N–H and O–H groups in total. The molecule has 2 heterocycles. The van der Waals surface area contributed by atoms with Crippen molar-refractivity contribution in [2.24, 2.45) is 5.92 Å². The summed E-state index contributed by atoms with van der Waals surface area (Å²) in [6.07, 6.45) is 6.41. The second-order valence-corrected chi connectivity index (χ2v) is 3.68. The van der Waals surface area contributed by atoms with Crippen LogP contribution in [0.2, 0.25) is 0 Å². The summed E-state index contributed by atoms with van der Waals surface area (Å²) in [5.41, 5.74) is 0.171. The lowest BCUT2D eigenvalue weighted by atomic mass is 9.70. The molecule has 0 spiro atoms. The highest BCUT2D eigenvalue weighted by molar-refractivity contribution is 5.05. The van der Waals surface area contributed by atoms with Crippen molar-refractivity contribution in [2.75, 3.05) is 0 Å². The molecule has 1 aliphatic carbocycles. The molecule has 2 saturated heterocycles. The van der Waals surface area contributed by atoms with Crippen molar-refractivity contribution in [1.82, 2.24) is 0 Å². The molecule has 10 heavy (non-hydrogen) atoms. The molecule has 3 unspecified atom stereocenters. The molecular weight excluding hydrogens is 124 g/mol. The first kappa shape index (κ1) is 6.41. The zero-order valence-electron chi connectivity index (χ0n) is 6.47. The van der Waals surface area contributed by atoms with Crippen molar-refractivity contribution in [3.05, 3.63) is 12.7 Å². The van der Waals surface area contributed by atoms with Gasteiger partial charge in [-0.2, -0.15) is 0 Å². The molecule has 1 saturated carbocycles. The molecule has 0 aromatic rings. The van der Waals surface area contributed by atoms with Crippen LogP contribution in [0.25, 0.3) is 0 Å². The summed E-state index contributed by atoms with van der Waals surface area (Å²) >= 11 is 0. The molecule has 3 rings (SSSR count). The fourth-order valence-corrected chi connectivity index (χ4v) is 2.26. The van der Waals surface area contributed by atoms with E-state index in [4.69, 9.17) is 4.74 Å². The molecule has 1 heteroatoms. The Kier molecular flexibility index (Phi) is 1.19. The molecule has 2 bridgehead atoms. The summed E-state index contributed by atoms with van der Waals surface area (Å²) in [4.78, 5) is 0. The lowest BCUT2D eigenvalue weighted by Crippen LogP contribution is -2.56. The van der Waals surface area contributed by atoms with Gasteiger partial charge in [-0.3, -0.25) is 0 Å². The molecule has 0 amide bonds. The molecule has 0 radical (unpaired) electrons. The van der Waals surface area contributed by atoms with Crippen molar-refractivity contribution in [2.45, 2.75) is 37.9 Å². The maximum atomic E-state index is 5.69. The summed E-state index contributed by atoms with van der Waals surface area (Å²) < 4.78 is 5.69. The SMILES string of the molecule is C=CC1CCC2CC1(C)O2. The highest BCUT2D eigenvalue weighted by Crippen LogP contribution is 2.48. The molecule has 2 aliphatic heterocycles. The third-order valence-corrected chi connectivity index (χ3v) is 2.94. The van der Waals surface area contributed by atoms with Gasteiger partial charge in [-0.1, -0.05) is 6.08 Å². The van der Waals surface area contributed by atoms with E-state index in [0.29, 0.717) is 12.0 Å². The molecule has 1 nitrogen and oxygen atoms in total. The van der Waals surface area contributed by atoms with Crippen LogP contribution >= 0.6 is 0 Å². The standard InChI is InChI=1S/C9H14O/c1-3-7-4-5-8-6-9(7,2)10-8/h3,7-8H,1,4-6H2,2H3. The minimum absolute atomic E-state index is 0.171. The van der Waals surface area contributed by atoms with Gasteiger partial charge in [0.2, 0.25) is 0 Å². The Balaban J connectivity index is 2.13. The van der Waals surface area contributed by atoms with E-state index < -0.39 is 0 Å². The smallest absolute Gasteiger partial charge is 0.0745 e. The second kappa shape index (κ2) is 1.85. The van der Waals surface area contributed by atoms with Gasteiger partial charge in [0.1, 0.15) is 0 Å². The lowest BCUT2D eigenvalue weighted by Gasteiger charge is -2.54. The average Bonchev–Trinajstić information content (AvgIpc) is 1.86. The number of rotatable bonds is 1. The van der Waals surface area contributed by atoms with Gasteiger partial charge in [0.15, 0.2) is 0 Å². The highest BCUT2D eigenvalue weighted by Gasteiger charge is 2.49. The Labute approximate surface area is 62.1 Å². The third-order valence-electron chi connectivity index (χ3n) is 2.94. The minimum atomic E-state index is 0.171. The zero-order valence-corrected chi connectivity index (χ0v) is 6.47. The van der Waals surface area contributed by atoms with Crippen molar-refractivity contribution in [3.8, 4) is 0 Å². The largest absolute Gasteiger partial charge is 0.371 e. The molecule has 3 aliphatic rings. The summed E-state index contributed by atoms with van der Waals surface area (Å²) in [5.74, 6) is 0.609. The number of hydrogen-bond acceptors (Lipinski definition) is 1. The summed E-state index contributed by atoms with van der Waals surface area (Å²) in [6, 6.07) is 0. The Morgan fingerprint density at radius 2 is 2.30 bits per heavy atom. The summed E-state index contributed by atoms with van der Waals surface area (Å²) in [7, 11) is 0. The van der Waals surface area contributed by atoms with Crippen LogP contribution in [-0.4, -0.2) is 11.7 Å².